The Hall–Kier alpha value is -2.11. The molecule has 1 aliphatic rings. The van der Waals surface area contributed by atoms with Gasteiger partial charge in [-0.1, -0.05) is 18.7 Å². The van der Waals surface area contributed by atoms with Crippen LogP contribution < -0.4 is 15.4 Å². The van der Waals surface area contributed by atoms with Crippen LogP contribution in [0.1, 0.15) is 12.8 Å². The number of nitrogens with one attached hydrogen (secondary N) is 2. The molecule has 19 heavy (non-hydrogen) atoms. The Morgan fingerprint density at radius 2 is 2.16 bits per heavy atom. The average molecular weight is 268 g/mol. The summed E-state index contributed by atoms with van der Waals surface area (Å²) in [4.78, 5) is 11.2. The van der Waals surface area contributed by atoms with Crippen molar-refractivity contribution in [1.82, 2.24) is 5.32 Å². The highest BCUT2D eigenvalue weighted by atomic mass is 19.3. The average Bonchev–Trinajstić information content (AvgIpc) is 2.34. The number of hydrogen-bond donors (Lipinski definition) is 2. The van der Waals surface area contributed by atoms with Crippen molar-refractivity contribution in [3.8, 4) is 5.75 Å². The van der Waals surface area contributed by atoms with Crippen LogP contribution in [0.3, 0.4) is 0 Å². The molecule has 1 aliphatic heterocycles. The summed E-state index contributed by atoms with van der Waals surface area (Å²) in [5.74, 6) is -0.0117. The second-order valence-electron chi connectivity index (χ2n) is 4.18. The van der Waals surface area contributed by atoms with Gasteiger partial charge >= 0.3 is 6.61 Å². The number of hydrogen-bond acceptors (Lipinski definition) is 3. The van der Waals surface area contributed by atoms with Crippen LogP contribution >= 0.6 is 0 Å². The number of para-hydroxylation sites is 2. The monoisotopic (exact) mass is 268 g/mol. The molecule has 0 saturated carbocycles. The number of piperidine rings is 1. The number of rotatable bonds is 4. The number of halogens is 2. The molecule has 0 bridgehead atoms. The summed E-state index contributed by atoms with van der Waals surface area (Å²) in [5.41, 5.74) is 0.980. The fraction of sp³-hybridized carbons (Fsp3) is 0.308. The first-order chi connectivity index (χ1) is 9.06. The quantitative estimate of drug-likeness (QED) is 0.882. The molecule has 0 radical (unpaired) electrons. The van der Waals surface area contributed by atoms with Crippen molar-refractivity contribution in [2.45, 2.75) is 25.5 Å². The van der Waals surface area contributed by atoms with Gasteiger partial charge in [0.15, 0.2) is 0 Å². The van der Waals surface area contributed by atoms with E-state index < -0.39 is 6.61 Å². The molecule has 2 N–H and O–H groups in total. The standard InChI is InChI=1S/C13H14F2N2O2/c1-8-9(6-7-12(18)16-8)17-10-4-2-3-5-11(10)19-13(14)15/h2-5,9,13,17H,1,6-7H2,(H,16,18). The van der Waals surface area contributed by atoms with Gasteiger partial charge in [-0.05, 0) is 18.6 Å². The largest absolute Gasteiger partial charge is 0.433 e. The van der Waals surface area contributed by atoms with Crippen molar-refractivity contribution >= 4 is 11.6 Å². The highest BCUT2D eigenvalue weighted by Gasteiger charge is 2.22. The van der Waals surface area contributed by atoms with Crippen LogP contribution in [0.25, 0.3) is 0 Å². The smallest absolute Gasteiger partial charge is 0.387 e. The summed E-state index contributed by atoms with van der Waals surface area (Å²) >= 11 is 0. The van der Waals surface area contributed by atoms with Crippen LogP contribution in [0.15, 0.2) is 36.5 Å². The molecule has 1 atom stereocenters. The Morgan fingerprint density at radius 3 is 2.84 bits per heavy atom. The molecule has 1 aromatic rings. The zero-order valence-corrected chi connectivity index (χ0v) is 10.2. The lowest BCUT2D eigenvalue weighted by atomic mass is 10.0. The van der Waals surface area contributed by atoms with Gasteiger partial charge in [0, 0.05) is 12.1 Å². The number of amides is 1. The van der Waals surface area contributed by atoms with Gasteiger partial charge in [0.2, 0.25) is 5.91 Å². The van der Waals surface area contributed by atoms with Crippen LogP contribution in [0, 0.1) is 0 Å². The Balaban J connectivity index is 2.10. The van der Waals surface area contributed by atoms with Crippen LogP contribution in [-0.2, 0) is 4.79 Å². The fourth-order valence-corrected chi connectivity index (χ4v) is 1.91. The lowest BCUT2D eigenvalue weighted by Gasteiger charge is -2.27. The maximum Gasteiger partial charge on any atom is 0.387 e. The van der Waals surface area contributed by atoms with Gasteiger partial charge < -0.3 is 15.4 Å². The molecule has 6 heteroatoms. The van der Waals surface area contributed by atoms with E-state index in [-0.39, 0.29) is 17.7 Å². The summed E-state index contributed by atoms with van der Waals surface area (Å²) in [6.45, 7) is 0.872. The summed E-state index contributed by atoms with van der Waals surface area (Å²) in [6.07, 6.45) is 0.933. The second-order valence-corrected chi connectivity index (χ2v) is 4.18. The molecule has 1 saturated heterocycles. The van der Waals surface area contributed by atoms with E-state index in [0.29, 0.717) is 24.2 Å². The number of ether oxygens (including phenoxy) is 1. The second kappa shape index (κ2) is 5.69. The van der Waals surface area contributed by atoms with E-state index in [2.05, 4.69) is 21.9 Å². The van der Waals surface area contributed by atoms with Crippen molar-refractivity contribution in [3.63, 3.8) is 0 Å². The molecular weight excluding hydrogens is 254 g/mol. The number of carbonyl (C=O) groups excluding carboxylic acids is 1. The van der Waals surface area contributed by atoms with Crippen molar-refractivity contribution in [1.29, 1.82) is 0 Å². The molecule has 2 rings (SSSR count). The van der Waals surface area contributed by atoms with Crippen molar-refractivity contribution in [3.05, 3.63) is 36.5 Å². The first kappa shape index (κ1) is 13.3. The Morgan fingerprint density at radius 1 is 1.42 bits per heavy atom. The molecule has 1 heterocycles. The molecule has 1 fully saturated rings. The minimum Gasteiger partial charge on any atom is -0.433 e. The molecule has 1 unspecified atom stereocenters. The molecule has 4 nitrogen and oxygen atoms in total. The zero-order chi connectivity index (χ0) is 13.8. The van der Waals surface area contributed by atoms with Crippen molar-refractivity contribution < 1.29 is 18.3 Å². The third-order valence-corrected chi connectivity index (χ3v) is 2.81. The van der Waals surface area contributed by atoms with E-state index in [9.17, 15) is 13.6 Å². The Labute approximate surface area is 109 Å². The number of benzene rings is 1. The Kier molecular flexibility index (Phi) is 3.99. The molecule has 0 aliphatic carbocycles. The van der Waals surface area contributed by atoms with E-state index in [1.165, 1.54) is 6.07 Å². The third-order valence-electron chi connectivity index (χ3n) is 2.81. The summed E-state index contributed by atoms with van der Waals surface area (Å²) < 4.78 is 29.0. The summed E-state index contributed by atoms with van der Waals surface area (Å²) in [6, 6.07) is 6.23. The molecule has 0 spiro atoms. The predicted octanol–water partition coefficient (Wildman–Crippen LogP) is 2.49. The van der Waals surface area contributed by atoms with Gasteiger partial charge in [0.05, 0.1) is 11.7 Å². The Bertz CT molecular complexity index is 491. The van der Waals surface area contributed by atoms with E-state index >= 15 is 0 Å². The highest BCUT2D eigenvalue weighted by Crippen LogP contribution is 2.28. The number of carbonyl (C=O) groups is 1. The summed E-state index contributed by atoms with van der Waals surface area (Å²) in [7, 11) is 0. The molecule has 102 valence electrons. The van der Waals surface area contributed by atoms with E-state index in [1.54, 1.807) is 18.2 Å². The van der Waals surface area contributed by atoms with Crippen LogP contribution in [0.2, 0.25) is 0 Å². The number of alkyl halides is 2. The van der Waals surface area contributed by atoms with Crippen LogP contribution in [0.4, 0.5) is 14.5 Å². The molecular formula is C13H14F2N2O2. The molecule has 0 aromatic heterocycles. The number of anilines is 1. The van der Waals surface area contributed by atoms with Gasteiger partial charge in [-0.15, -0.1) is 0 Å². The van der Waals surface area contributed by atoms with E-state index in [4.69, 9.17) is 0 Å². The molecule has 1 amide bonds. The van der Waals surface area contributed by atoms with E-state index in [1.807, 2.05) is 0 Å². The first-order valence-electron chi connectivity index (χ1n) is 5.85. The highest BCUT2D eigenvalue weighted by molar-refractivity contribution is 5.79. The maximum atomic E-state index is 12.3. The topological polar surface area (TPSA) is 50.4 Å². The minimum atomic E-state index is -2.88. The lowest BCUT2D eigenvalue weighted by molar-refractivity contribution is -0.121. The van der Waals surface area contributed by atoms with Gasteiger partial charge in [0.25, 0.3) is 0 Å². The molecule has 1 aromatic carbocycles. The van der Waals surface area contributed by atoms with E-state index in [0.717, 1.165) is 0 Å². The first-order valence-corrected chi connectivity index (χ1v) is 5.85. The lowest BCUT2D eigenvalue weighted by Crippen LogP contribution is -2.39. The van der Waals surface area contributed by atoms with Crippen molar-refractivity contribution in [2.75, 3.05) is 5.32 Å². The van der Waals surface area contributed by atoms with Crippen LogP contribution in [0.5, 0.6) is 5.75 Å². The maximum absolute atomic E-state index is 12.3. The summed E-state index contributed by atoms with van der Waals surface area (Å²) in [5, 5.41) is 5.68. The predicted molar refractivity (Wildman–Crippen MR) is 67.0 cm³/mol. The van der Waals surface area contributed by atoms with Gasteiger partial charge in [0.1, 0.15) is 5.75 Å². The van der Waals surface area contributed by atoms with Crippen molar-refractivity contribution in [2.24, 2.45) is 0 Å². The van der Waals surface area contributed by atoms with Crippen LogP contribution in [-0.4, -0.2) is 18.6 Å². The normalized spacial score (nSPS) is 19.2. The van der Waals surface area contributed by atoms with Gasteiger partial charge in [-0.25, -0.2) is 0 Å². The SMILES string of the molecule is C=C1NC(=O)CCC1Nc1ccccc1OC(F)F. The fourth-order valence-electron chi connectivity index (χ4n) is 1.91. The van der Waals surface area contributed by atoms with Gasteiger partial charge in [-0.2, -0.15) is 8.78 Å². The third kappa shape index (κ3) is 3.43. The zero-order valence-electron chi connectivity index (χ0n) is 10.2. The van der Waals surface area contributed by atoms with Gasteiger partial charge in [-0.3, -0.25) is 4.79 Å². The minimum absolute atomic E-state index is 0.0715.